The normalized spacial score (nSPS) is 11.1. The maximum atomic E-state index is 5.95. The number of methoxy groups -OCH3 is 1. The van der Waals surface area contributed by atoms with E-state index in [-0.39, 0.29) is 0 Å². The lowest BCUT2D eigenvalue weighted by molar-refractivity contribution is 0.374. The van der Waals surface area contributed by atoms with Crippen LogP contribution in [-0.4, -0.2) is 21.8 Å². The molecule has 3 rings (SSSR count). The lowest BCUT2D eigenvalue weighted by Crippen LogP contribution is -2.03. The van der Waals surface area contributed by atoms with Crippen LogP contribution in [-0.2, 0) is 6.54 Å². The largest absolute Gasteiger partial charge is 0.497 e. The second-order valence-electron chi connectivity index (χ2n) is 4.35. The van der Waals surface area contributed by atoms with E-state index >= 15 is 0 Å². The molecular formula is C13H14N4O2. The van der Waals surface area contributed by atoms with Crippen LogP contribution in [0.5, 0.6) is 5.75 Å². The van der Waals surface area contributed by atoms with Gasteiger partial charge in [-0.15, -0.1) is 0 Å². The van der Waals surface area contributed by atoms with Gasteiger partial charge in [-0.05, 0) is 19.1 Å². The first-order chi connectivity index (χ1) is 9.17. The highest BCUT2D eigenvalue weighted by Gasteiger charge is 2.11. The Morgan fingerprint density at radius 1 is 1.37 bits per heavy atom. The van der Waals surface area contributed by atoms with Crippen LogP contribution in [0, 0.1) is 6.92 Å². The quantitative estimate of drug-likeness (QED) is 0.777. The number of hydrogen-bond acceptors (Lipinski definition) is 5. The number of rotatable bonds is 3. The maximum absolute atomic E-state index is 5.95. The van der Waals surface area contributed by atoms with Crippen molar-refractivity contribution in [2.45, 2.75) is 13.5 Å². The van der Waals surface area contributed by atoms with Crippen LogP contribution >= 0.6 is 0 Å². The number of imidazole rings is 1. The summed E-state index contributed by atoms with van der Waals surface area (Å²) >= 11 is 0. The zero-order valence-corrected chi connectivity index (χ0v) is 10.8. The number of aryl methyl sites for hydroxylation is 1. The minimum Gasteiger partial charge on any atom is -0.497 e. The van der Waals surface area contributed by atoms with Gasteiger partial charge in [0.15, 0.2) is 5.76 Å². The molecule has 0 radical (unpaired) electrons. The molecule has 0 amide bonds. The van der Waals surface area contributed by atoms with Gasteiger partial charge in [-0.1, -0.05) is 5.16 Å². The van der Waals surface area contributed by atoms with Gasteiger partial charge in [-0.3, -0.25) is 0 Å². The van der Waals surface area contributed by atoms with E-state index < -0.39 is 0 Å². The summed E-state index contributed by atoms with van der Waals surface area (Å²) in [4.78, 5) is 4.31. The average Bonchev–Trinajstić information content (AvgIpc) is 2.94. The number of nitrogen functional groups attached to an aromatic ring is 1. The fourth-order valence-corrected chi connectivity index (χ4v) is 2.06. The van der Waals surface area contributed by atoms with Crippen molar-refractivity contribution in [3.05, 3.63) is 35.7 Å². The van der Waals surface area contributed by atoms with Gasteiger partial charge in [0.2, 0.25) is 5.95 Å². The number of fused-ring (bicyclic) bond motifs is 1. The number of aromatic nitrogens is 3. The molecule has 0 unspecified atom stereocenters. The van der Waals surface area contributed by atoms with Gasteiger partial charge in [0.25, 0.3) is 0 Å². The number of nitrogens with zero attached hydrogens (tertiary/aromatic N) is 3. The smallest absolute Gasteiger partial charge is 0.201 e. The van der Waals surface area contributed by atoms with Gasteiger partial charge >= 0.3 is 0 Å². The second kappa shape index (κ2) is 4.31. The predicted octanol–water partition coefficient (Wildman–Crippen LogP) is 1.97. The second-order valence-corrected chi connectivity index (χ2v) is 4.35. The third-order valence-corrected chi connectivity index (χ3v) is 2.98. The van der Waals surface area contributed by atoms with Crippen molar-refractivity contribution in [1.29, 1.82) is 0 Å². The van der Waals surface area contributed by atoms with Gasteiger partial charge in [0, 0.05) is 12.1 Å². The van der Waals surface area contributed by atoms with Crippen molar-refractivity contribution in [2.24, 2.45) is 0 Å². The van der Waals surface area contributed by atoms with E-state index in [0.29, 0.717) is 12.5 Å². The number of benzene rings is 1. The van der Waals surface area contributed by atoms with Gasteiger partial charge in [-0.2, -0.15) is 0 Å². The SMILES string of the molecule is COc1ccc2nc(N)n(Cc3cc(C)no3)c2c1. The van der Waals surface area contributed by atoms with Crippen LogP contribution in [0.3, 0.4) is 0 Å². The van der Waals surface area contributed by atoms with Crippen molar-refractivity contribution < 1.29 is 9.26 Å². The lowest BCUT2D eigenvalue weighted by Gasteiger charge is -2.04. The Labute approximate surface area is 109 Å². The molecule has 0 atom stereocenters. The zero-order chi connectivity index (χ0) is 13.4. The Morgan fingerprint density at radius 2 is 2.21 bits per heavy atom. The predicted molar refractivity (Wildman–Crippen MR) is 71.0 cm³/mol. The number of nitrogens with two attached hydrogens (primary N) is 1. The molecule has 0 aliphatic heterocycles. The molecule has 2 N–H and O–H groups in total. The summed E-state index contributed by atoms with van der Waals surface area (Å²) in [5, 5.41) is 3.87. The summed E-state index contributed by atoms with van der Waals surface area (Å²) in [5.74, 6) is 1.95. The van der Waals surface area contributed by atoms with Gasteiger partial charge in [0.1, 0.15) is 5.75 Å². The first-order valence-corrected chi connectivity index (χ1v) is 5.89. The van der Waals surface area contributed by atoms with E-state index in [4.69, 9.17) is 15.0 Å². The lowest BCUT2D eigenvalue weighted by atomic mass is 10.3. The number of ether oxygens (including phenoxy) is 1. The fourth-order valence-electron chi connectivity index (χ4n) is 2.06. The standard InChI is InChI=1S/C13H14N4O2/c1-8-5-10(19-16-8)7-17-12-6-9(18-2)3-4-11(12)15-13(17)14/h3-6H,7H2,1-2H3,(H2,14,15). The Kier molecular flexibility index (Phi) is 2.63. The molecule has 2 aromatic heterocycles. The van der Waals surface area contributed by atoms with Crippen molar-refractivity contribution in [2.75, 3.05) is 12.8 Å². The van der Waals surface area contributed by atoms with Gasteiger partial charge in [-0.25, -0.2) is 4.98 Å². The van der Waals surface area contributed by atoms with E-state index in [2.05, 4.69) is 10.1 Å². The highest BCUT2D eigenvalue weighted by atomic mass is 16.5. The molecule has 19 heavy (non-hydrogen) atoms. The Bertz CT molecular complexity index is 729. The first kappa shape index (κ1) is 11.6. The molecule has 3 aromatic rings. The third-order valence-electron chi connectivity index (χ3n) is 2.98. The molecule has 0 bridgehead atoms. The molecule has 0 saturated carbocycles. The Balaban J connectivity index is 2.08. The van der Waals surface area contributed by atoms with Crippen molar-refractivity contribution in [1.82, 2.24) is 14.7 Å². The molecule has 6 heteroatoms. The van der Waals surface area contributed by atoms with Crippen LogP contribution in [0.15, 0.2) is 28.8 Å². The molecule has 98 valence electrons. The highest BCUT2D eigenvalue weighted by Crippen LogP contribution is 2.24. The van der Waals surface area contributed by atoms with Crippen LogP contribution in [0.1, 0.15) is 11.5 Å². The van der Waals surface area contributed by atoms with E-state index in [1.807, 2.05) is 35.8 Å². The summed E-state index contributed by atoms with van der Waals surface area (Å²) in [6, 6.07) is 7.53. The van der Waals surface area contributed by atoms with Crippen LogP contribution in [0.4, 0.5) is 5.95 Å². The van der Waals surface area contributed by atoms with Gasteiger partial charge < -0.3 is 19.6 Å². The Morgan fingerprint density at radius 3 is 2.89 bits per heavy atom. The molecule has 0 fully saturated rings. The minimum absolute atomic E-state index is 0.442. The van der Waals surface area contributed by atoms with E-state index in [0.717, 1.165) is 28.2 Å². The molecule has 0 aliphatic rings. The van der Waals surface area contributed by atoms with E-state index in [9.17, 15) is 0 Å². The molecule has 0 saturated heterocycles. The Hall–Kier alpha value is -2.50. The van der Waals surface area contributed by atoms with Crippen LogP contribution in [0.2, 0.25) is 0 Å². The highest BCUT2D eigenvalue weighted by molar-refractivity contribution is 5.80. The monoisotopic (exact) mass is 258 g/mol. The minimum atomic E-state index is 0.442. The molecule has 2 heterocycles. The molecule has 6 nitrogen and oxygen atoms in total. The molecular weight excluding hydrogens is 244 g/mol. The number of anilines is 1. The van der Waals surface area contributed by atoms with Crippen molar-refractivity contribution >= 4 is 17.0 Å². The third kappa shape index (κ3) is 2.01. The van der Waals surface area contributed by atoms with Crippen molar-refractivity contribution in [3.8, 4) is 5.75 Å². The van der Waals surface area contributed by atoms with Gasteiger partial charge in [0.05, 0.1) is 30.4 Å². The summed E-state index contributed by atoms with van der Waals surface area (Å²) in [5.41, 5.74) is 8.53. The average molecular weight is 258 g/mol. The molecule has 0 spiro atoms. The van der Waals surface area contributed by atoms with E-state index in [1.165, 1.54) is 0 Å². The summed E-state index contributed by atoms with van der Waals surface area (Å²) < 4.78 is 12.3. The van der Waals surface area contributed by atoms with E-state index in [1.54, 1.807) is 7.11 Å². The van der Waals surface area contributed by atoms with Crippen LogP contribution in [0.25, 0.3) is 11.0 Å². The summed E-state index contributed by atoms with van der Waals surface area (Å²) in [6.07, 6.45) is 0. The summed E-state index contributed by atoms with van der Waals surface area (Å²) in [6.45, 7) is 2.38. The summed E-state index contributed by atoms with van der Waals surface area (Å²) in [7, 11) is 1.63. The molecule has 0 aliphatic carbocycles. The topological polar surface area (TPSA) is 79.1 Å². The maximum Gasteiger partial charge on any atom is 0.201 e. The fraction of sp³-hybridized carbons (Fsp3) is 0.231. The molecule has 1 aromatic carbocycles. The van der Waals surface area contributed by atoms with Crippen molar-refractivity contribution in [3.63, 3.8) is 0 Å². The first-order valence-electron chi connectivity index (χ1n) is 5.89. The van der Waals surface area contributed by atoms with Crippen LogP contribution < -0.4 is 10.5 Å². The number of hydrogen-bond donors (Lipinski definition) is 1. The zero-order valence-electron chi connectivity index (χ0n) is 10.8.